The molecule has 1 fully saturated rings. The number of carbonyl (C=O) groups excluding carboxylic acids is 2. The second-order valence-electron chi connectivity index (χ2n) is 8.58. The van der Waals surface area contributed by atoms with E-state index in [4.69, 9.17) is 11.6 Å². The van der Waals surface area contributed by atoms with Gasteiger partial charge >= 0.3 is 0 Å². The van der Waals surface area contributed by atoms with Gasteiger partial charge in [-0.05, 0) is 73.9 Å². The van der Waals surface area contributed by atoms with Crippen LogP contribution in [0.3, 0.4) is 0 Å². The molecule has 2 amide bonds. The SMILES string of the molecule is C[C@H](C(=O)NC1CCCCC1)N(Cc1cccc(Br)c1)C(=O)CCCSc1ccc(Cl)cc1. The monoisotopic (exact) mass is 550 g/mol. The summed E-state index contributed by atoms with van der Waals surface area (Å²) in [5.74, 6) is 0.791. The summed E-state index contributed by atoms with van der Waals surface area (Å²) in [6.45, 7) is 2.26. The van der Waals surface area contributed by atoms with E-state index < -0.39 is 6.04 Å². The maximum Gasteiger partial charge on any atom is 0.242 e. The molecule has 178 valence electrons. The van der Waals surface area contributed by atoms with Gasteiger partial charge in [-0.2, -0.15) is 0 Å². The molecule has 1 aliphatic carbocycles. The van der Waals surface area contributed by atoms with Gasteiger partial charge in [0.2, 0.25) is 11.8 Å². The van der Waals surface area contributed by atoms with Crippen molar-refractivity contribution in [1.29, 1.82) is 0 Å². The zero-order chi connectivity index (χ0) is 23.6. The number of hydrogen-bond acceptors (Lipinski definition) is 3. The van der Waals surface area contributed by atoms with E-state index in [1.807, 2.05) is 55.5 Å². The Morgan fingerprint density at radius 3 is 2.58 bits per heavy atom. The molecule has 4 nitrogen and oxygen atoms in total. The molecule has 3 rings (SSSR count). The highest BCUT2D eigenvalue weighted by Gasteiger charge is 2.27. The molecule has 1 aliphatic rings. The predicted molar refractivity (Wildman–Crippen MR) is 141 cm³/mol. The topological polar surface area (TPSA) is 49.4 Å². The quantitative estimate of drug-likeness (QED) is 0.260. The lowest BCUT2D eigenvalue weighted by atomic mass is 9.95. The van der Waals surface area contributed by atoms with Crippen LogP contribution in [0.1, 0.15) is 57.4 Å². The van der Waals surface area contributed by atoms with Crippen LogP contribution >= 0.6 is 39.3 Å². The van der Waals surface area contributed by atoms with Gasteiger partial charge < -0.3 is 10.2 Å². The zero-order valence-corrected chi connectivity index (χ0v) is 22.2. The number of hydrogen-bond donors (Lipinski definition) is 1. The summed E-state index contributed by atoms with van der Waals surface area (Å²) in [5, 5.41) is 3.91. The number of rotatable bonds is 10. The molecule has 0 heterocycles. The van der Waals surface area contributed by atoms with Gasteiger partial charge in [-0.25, -0.2) is 0 Å². The molecule has 33 heavy (non-hydrogen) atoms. The Bertz CT molecular complexity index is 919. The minimum atomic E-state index is -0.512. The standard InChI is InChI=1S/C26H32BrClN2O2S/c1-19(26(32)29-23-9-3-2-4-10-23)30(18-20-7-5-8-21(27)17-20)25(31)11-6-16-33-24-14-12-22(28)13-15-24/h5,7-8,12-15,17,19,23H,2-4,6,9-11,16,18H2,1H3,(H,29,32)/t19-/m1/s1. The average Bonchev–Trinajstić information content (AvgIpc) is 2.81. The van der Waals surface area contributed by atoms with Crippen molar-refractivity contribution in [3.63, 3.8) is 0 Å². The minimum absolute atomic E-state index is 0.0120. The van der Waals surface area contributed by atoms with Crippen molar-refractivity contribution >= 4 is 51.1 Å². The van der Waals surface area contributed by atoms with E-state index in [1.54, 1.807) is 16.7 Å². The molecule has 1 atom stereocenters. The maximum absolute atomic E-state index is 13.2. The summed E-state index contributed by atoms with van der Waals surface area (Å²) >= 11 is 11.2. The molecule has 0 bridgehead atoms. The van der Waals surface area contributed by atoms with Gasteiger partial charge in [0.05, 0.1) is 0 Å². The fourth-order valence-corrected chi connectivity index (χ4v) is 5.50. The van der Waals surface area contributed by atoms with Crippen LogP contribution in [0.25, 0.3) is 0 Å². The van der Waals surface area contributed by atoms with Crippen LogP contribution in [0.2, 0.25) is 5.02 Å². The number of benzene rings is 2. The zero-order valence-electron chi connectivity index (χ0n) is 19.1. The summed E-state index contributed by atoms with van der Waals surface area (Å²) in [5.41, 5.74) is 1.01. The smallest absolute Gasteiger partial charge is 0.242 e. The lowest BCUT2D eigenvalue weighted by molar-refractivity contribution is -0.141. The van der Waals surface area contributed by atoms with E-state index in [-0.39, 0.29) is 17.9 Å². The molecule has 7 heteroatoms. The third-order valence-corrected chi connectivity index (χ3v) is 7.82. The molecule has 0 aliphatic heterocycles. The molecule has 0 unspecified atom stereocenters. The first kappa shape index (κ1) is 26.1. The highest BCUT2D eigenvalue weighted by atomic mass is 79.9. The maximum atomic E-state index is 13.2. The van der Waals surface area contributed by atoms with Gasteiger partial charge in [0.1, 0.15) is 6.04 Å². The Hall–Kier alpha value is -1.50. The van der Waals surface area contributed by atoms with Crippen LogP contribution in [-0.2, 0) is 16.1 Å². The molecular formula is C26H32BrClN2O2S. The van der Waals surface area contributed by atoms with Crippen molar-refractivity contribution in [1.82, 2.24) is 10.2 Å². The van der Waals surface area contributed by atoms with E-state index in [0.717, 1.165) is 57.8 Å². The third-order valence-electron chi connectivity index (χ3n) is 5.98. The summed E-state index contributed by atoms with van der Waals surface area (Å²) in [4.78, 5) is 29.1. The summed E-state index contributed by atoms with van der Waals surface area (Å²) in [6.07, 6.45) is 6.77. The Morgan fingerprint density at radius 2 is 1.88 bits per heavy atom. The van der Waals surface area contributed by atoms with Gasteiger partial charge in [-0.1, -0.05) is 58.9 Å². The largest absolute Gasteiger partial charge is 0.352 e. The second kappa shape index (κ2) is 13.4. The number of thioether (sulfide) groups is 1. The fourth-order valence-electron chi connectivity index (χ4n) is 4.07. The Balaban J connectivity index is 1.60. The predicted octanol–water partition coefficient (Wildman–Crippen LogP) is 6.84. The van der Waals surface area contributed by atoms with Gasteiger partial charge in [0.25, 0.3) is 0 Å². The van der Waals surface area contributed by atoms with Gasteiger partial charge in [0.15, 0.2) is 0 Å². The van der Waals surface area contributed by atoms with E-state index in [1.165, 1.54) is 6.42 Å². The molecule has 0 spiro atoms. The normalized spacial score (nSPS) is 15.1. The highest BCUT2D eigenvalue weighted by Crippen LogP contribution is 2.23. The van der Waals surface area contributed by atoms with Crippen LogP contribution in [0, 0.1) is 0 Å². The first-order valence-electron chi connectivity index (χ1n) is 11.6. The third kappa shape index (κ3) is 8.66. The number of nitrogens with zero attached hydrogens (tertiary/aromatic N) is 1. The van der Waals surface area contributed by atoms with Crippen molar-refractivity contribution in [3.8, 4) is 0 Å². The summed E-state index contributed by atoms with van der Waals surface area (Å²) in [6, 6.07) is 15.4. The van der Waals surface area contributed by atoms with Crippen LogP contribution in [-0.4, -0.2) is 34.6 Å². The minimum Gasteiger partial charge on any atom is -0.352 e. The Kier molecular flexibility index (Phi) is 10.6. The van der Waals surface area contributed by atoms with Crippen molar-refractivity contribution in [2.45, 2.75) is 75.4 Å². The average molecular weight is 552 g/mol. The van der Waals surface area contributed by atoms with Crippen molar-refractivity contribution in [3.05, 3.63) is 63.6 Å². The molecule has 2 aromatic rings. The molecular weight excluding hydrogens is 520 g/mol. The lowest BCUT2D eigenvalue weighted by Crippen LogP contribution is -2.50. The first-order valence-corrected chi connectivity index (χ1v) is 13.8. The van der Waals surface area contributed by atoms with Crippen molar-refractivity contribution < 1.29 is 9.59 Å². The molecule has 1 saturated carbocycles. The van der Waals surface area contributed by atoms with Gasteiger partial charge in [-0.3, -0.25) is 9.59 Å². The number of amides is 2. The van der Waals surface area contributed by atoms with E-state index in [0.29, 0.717) is 13.0 Å². The molecule has 0 saturated heterocycles. The molecule has 1 N–H and O–H groups in total. The highest BCUT2D eigenvalue weighted by molar-refractivity contribution is 9.10. The van der Waals surface area contributed by atoms with Crippen molar-refractivity contribution in [2.24, 2.45) is 0 Å². The van der Waals surface area contributed by atoms with Gasteiger partial charge in [-0.15, -0.1) is 11.8 Å². The first-order chi connectivity index (χ1) is 15.9. The lowest BCUT2D eigenvalue weighted by Gasteiger charge is -2.31. The number of nitrogens with one attached hydrogen (secondary N) is 1. The van der Waals surface area contributed by atoms with E-state index in [9.17, 15) is 9.59 Å². The number of carbonyl (C=O) groups is 2. The molecule has 0 radical (unpaired) electrons. The molecule has 0 aromatic heterocycles. The van der Waals surface area contributed by atoms with Crippen LogP contribution in [0.15, 0.2) is 57.9 Å². The van der Waals surface area contributed by atoms with Crippen LogP contribution in [0.4, 0.5) is 0 Å². The number of halogens is 2. The summed E-state index contributed by atoms with van der Waals surface area (Å²) < 4.78 is 0.964. The Morgan fingerprint density at radius 1 is 1.15 bits per heavy atom. The second-order valence-corrected chi connectivity index (χ2v) is 11.1. The Labute approximate surface area is 215 Å². The van der Waals surface area contributed by atoms with E-state index >= 15 is 0 Å². The summed E-state index contributed by atoms with van der Waals surface area (Å²) in [7, 11) is 0. The van der Waals surface area contributed by atoms with Crippen molar-refractivity contribution in [2.75, 3.05) is 5.75 Å². The van der Waals surface area contributed by atoms with Crippen LogP contribution < -0.4 is 5.32 Å². The van der Waals surface area contributed by atoms with E-state index in [2.05, 4.69) is 21.2 Å². The van der Waals surface area contributed by atoms with Gasteiger partial charge in [0, 0.05) is 33.4 Å². The van der Waals surface area contributed by atoms with Crippen LogP contribution in [0.5, 0.6) is 0 Å². The molecule has 2 aromatic carbocycles. The fraction of sp³-hybridized carbons (Fsp3) is 0.462.